The van der Waals surface area contributed by atoms with Crippen molar-refractivity contribution in [3.05, 3.63) is 89.1 Å². The smallest absolute Gasteiger partial charge is 0.265 e. The number of hydrogen-bond donors (Lipinski definition) is 2. The van der Waals surface area contributed by atoms with E-state index < -0.39 is 6.10 Å². The molecule has 5 nitrogen and oxygen atoms in total. The van der Waals surface area contributed by atoms with Gasteiger partial charge in [-0.2, -0.15) is 0 Å². The van der Waals surface area contributed by atoms with Gasteiger partial charge in [0.25, 0.3) is 5.91 Å². The second-order valence-electron chi connectivity index (χ2n) is 12.6. The van der Waals surface area contributed by atoms with Gasteiger partial charge in [0, 0.05) is 27.9 Å². The molecule has 1 amide bonds. The number of para-hydroxylation sites is 1. The fourth-order valence-electron chi connectivity index (χ4n) is 5.01. The molecule has 0 bridgehead atoms. The average Bonchev–Trinajstić information content (AvgIpc) is 3.50. The van der Waals surface area contributed by atoms with Crippen molar-refractivity contribution >= 4 is 23.2 Å². The van der Waals surface area contributed by atoms with Crippen LogP contribution in [-0.4, -0.2) is 22.0 Å². The van der Waals surface area contributed by atoms with Gasteiger partial charge in [0.15, 0.2) is 6.10 Å². The van der Waals surface area contributed by atoms with E-state index in [1.807, 2.05) is 54.7 Å². The summed E-state index contributed by atoms with van der Waals surface area (Å²) in [5.41, 5.74) is 5.60. The van der Waals surface area contributed by atoms with Crippen LogP contribution in [0.2, 0.25) is 5.02 Å². The number of hydrogen-bond acceptors (Lipinski definition) is 3. The van der Waals surface area contributed by atoms with Gasteiger partial charge in [-0.1, -0.05) is 96.8 Å². The summed E-state index contributed by atoms with van der Waals surface area (Å²) < 4.78 is 6.64. The maximum absolute atomic E-state index is 13.9. The van der Waals surface area contributed by atoms with Crippen molar-refractivity contribution in [3.8, 4) is 28.4 Å². The summed E-state index contributed by atoms with van der Waals surface area (Å²) in [6.45, 7) is 15.6. The molecule has 0 fully saturated rings. The molecule has 0 aliphatic rings. The zero-order valence-corrected chi connectivity index (χ0v) is 27.4. The maximum atomic E-state index is 13.9. The first-order valence-electron chi connectivity index (χ1n) is 15.5. The van der Waals surface area contributed by atoms with Crippen LogP contribution in [0.5, 0.6) is 5.75 Å². The molecule has 2 N–H and O–H groups in total. The van der Waals surface area contributed by atoms with Gasteiger partial charge in [0.2, 0.25) is 0 Å². The number of unbranched alkanes of at least 4 members (excludes halogenated alkanes) is 1. The molecule has 0 saturated heterocycles. The van der Waals surface area contributed by atoms with E-state index in [9.17, 15) is 4.79 Å². The van der Waals surface area contributed by atoms with Gasteiger partial charge in [-0.25, -0.2) is 4.98 Å². The van der Waals surface area contributed by atoms with E-state index in [4.69, 9.17) is 21.3 Å². The van der Waals surface area contributed by atoms with Gasteiger partial charge in [-0.15, -0.1) is 0 Å². The van der Waals surface area contributed by atoms with Crippen LogP contribution in [-0.2, 0) is 15.6 Å². The molecule has 228 valence electrons. The van der Waals surface area contributed by atoms with Crippen LogP contribution >= 0.6 is 11.6 Å². The molecule has 1 heterocycles. The van der Waals surface area contributed by atoms with Crippen LogP contribution in [0.1, 0.15) is 91.7 Å². The maximum Gasteiger partial charge on any atom is 0.265 e. The molecule has 4 aromatic rings. The first kappa shape index (κ1) is 32.3. The van der Waals surface area contributed by atoms with Crippen LogP contribution in [0.15, 0.2) is 72.9 Å². The van der Waals surface area contributed by atoms with Gasteiger partial charge in [-0.05, 0) is 78.5 Å². The van der Waals surface area contributed by atoms with Crippen molar-refractivity contribution in [2.45, 2.75) is 97.5 Å². The molecular weight excluding hydrogens is 554 g/mol. The number of H-pyrrole nitrogens is 1. The lowest BCUT2D eigenvalue weighted by Gasteiger charge is -2.31. The number of nitrogens with zero attached hydrogens (tertiary/aromatic N) is 1. The van der Waals surface area contributed by atoms with Gasteiger partial charge in [-0.3, -0.25) is 4.79 Å². The zero-order valence-electron chi connectivity index (χ0n) is 26.7. The summed E-state index contributed by atoms with van der Waals surface area (Å²) in [6.07, 6.45) is 5.71. The fraction of sp³-hybridized carbons (Fsp3) is 0.405. The number of carbonyl (C=O) groups excluding carboxylic acids is 1. The van der Waals surface area contributed by atoms with Gasteiger partial charge in [0.1, 0.15) is 11.6 Å². The molecule has 1 atom stereocenters. The number of ether oxygens (including phenoxy) is 1. The molecule has 0 aliphatic heterocycles. The largest absolute Gasteiger partial charge is 0.480 e. The highest BCUT2D eigenvalue weighted by Crippen LogP contribution is 2.39. The number of benzene rings is 3. The Labute approximate surface area is 262 Å². The monoisotopic (exact) mass is 599 g/mol. The number of imidazole rings is 1. The van der Waals surface area contributed by atoms with Crippen molar-refractivity contribution in [2.75, 3.05) is 5.32 Å². The molecule has 0 saturated carbocycles. The number of rotatable bonds is 13. The Morgan fingerprint density at radius 2 is 1.65 bits per heavy atom. The number of nitrogens with one attached hydrogen (secondary N) is 2. The van der Waals surface area contributed by atoms with Crippen LogP contribution in [0.3, 0.4) is 0 Å². The number of anilines is 1. The van der Waals surface area contributed by atoms with E-state index in [0.29, 0.717) is 17.1 Å². The van der Waals surface area contributed by atoms with Gasteiger partial charge in [0.05, 0.1) is 11.4 Å². The van der Waals surface area contributed by atoms with Crippen molar-refractivity contribution in [1.82, 2.24) is 9.97 Å². The summed E-state index contributed by atoms with van der Waals surface area (Å²) in [4.78, 5) is 22.0. The minimum atomic E-state index is -0.631. The number of aromatic nitrogens is 2. The molecule has 43 heavy (non-hydrogen) atoms. The standard InChI is InChI=1S/C37H46ClN3O2/c1-8-11-16-33(43-32-22-19-26(36(4,5)9-2)23-29(32)37(6,7)10-3)35(42)41-30-15-13-12-14-28(30)31-24-39-34(40-31)25-17-20-27(38)21-18-25/h12-15,17-24,33H,8-11,16H2,1-7H3,(H,39,40)(H,41,42). The highest BCUT2D eigenvalue weighted by Gasteiger charge is 2.29. The number of aromatic amines is 1. The van der Waals surface area contributed by atoms with E-state index in [0.717, 1.165) is 59.6 Å². The molecule has 1 aromatic heterocycles. The zero-order chi connectivity index (χ0) is 31.2. The number of amides is 1. The Morgan fingerprint density at radius 1 is 0.953 bits per heavy atom. The first-order valence-corrected chi connectivity index (χ1v) is 15.9. The number of halogens is 1. The third kappa shape index (κ3) is 7.69. The molecule has 6 heteroatoms. The van der Waals surface area contributed by atoms with Crippen molar-refractivity contribution in [1.29, 1.82) is 0 Å². The lowest BCUT2D eigenvalue weighted by molar-refractivity contribution is -0.123. The highest BCUT2D eigenvalue weighted by atomic mass is 35.5. The second kappa shape index (κ2) is 13.8. The summed E-state index contributed by atoms with van der Waals surface area (Å²) in [5.74, 6) is 1.36. The van der Waals surface area contributed by atoms with Gasteiger partial charge >= 0.3 is 0 Å². The second-order valence-corrected chi connectivity index (χ2v) is 13.0. The molecular formula is C37H46ClN3O2. The Hall–Kier alpha value is -3.57. The molecule has 0 aliphatic carbocycles. The summed E-state index contributed by atoms with van der Waals surface area (Å²) >= 11 is 6.07. The number of carbonyl (C=O) groups is 1. The topological polar surface area (TPSA) is 67.0 Å². The normalized spacial score (nSPS) is 12.7. The Bertz CT molecular complexity index is 1520. The lowest BCUT2D eigenvalue weighted by atomic mass is 9.76. The van der Waals surface area contributed by atoms with E-state index in [2.05, 4.69) is 77.0 Å². The van der Waals surface area contributed by atoms with E-state index in [1.54, 1.807) is 0 Å². The van der Waals surface area contributed by atoms with E-state index >= 15 is 0 Å². The quantitative estimate of drug-likeness (QED) is 0.161. The fourth-order valence-corrected chi connectivity index (χ4v) is 5.13. The molecule has 0 radical (unpaired) electrons. The van der Waals surface area contributed by atoms with Crippen LogP contribution in [0.4, 0.5) is 5.69 Å². The average molecular weight is 600 g/mol. The van der Waals surface area contributed by atoms with E-state index in [-0.39, 0.29) is 16.7 Å². The molecule has 0 spiro atoms. The summed E-state index contributed by atoms with van der Waals surface area (Å²) in [6, 6.07) is 21.8. The van der Waals surface area contributed by atoms with Crippen LogP contribution in [0, 0.1) is 0 Å². The minimum absolute atomic E-state index is 0.0550. The highest BCUT2D eigenvalue weighted by molar-refractivity contribution is 6.30. The minimum Gasteiger partial charge on any atom is -0.480 e. The molecule has 1 unspecified atom stereocenters. The summed E-state index contributed by atoms with van der Waals surface area (Å²) in [7, 11) is 0. The Morgan fingerprint density at radius 3 is 2.33 bits per heavy atom. The Balaban J connectivity index is 1.63. The van der Waals surface area contributed by atoms with E-state index in [1.165, 1.54) is 5.56 Å². The predicted octanol–water partition coefficient (Wildman–Crippen LogP) is 10.3. The van der Waals surface area contributed by atoms with Crippen molar-refractivity contribution < 1.29 is 9.53 Å². The van der Waals surface area contributed by atoms with Gasteiger partial charge < -0.3 is 15.0 Å². The Kier molecular flexibility index (Phi) is 10.4. The molecule has 4 rings (SSSR count). The lowest BCUT2D eigenvalue weighted by Crippen LogP contribution is -2.34. The third-order valence-electron chi connectivity index (χ3n) is 8.80. The molecule has 3 aromatic carbocycles. The predicted molar refractivity (Wildman–Crippen MR) is 180 cm³/mol. The SMILES string of the molecule is CCCCC(Oc1ccc(C(C)(C)CC)cc1C(C)(C)CC)C(=O)Nc1ccccc1-c1c[nH]c(-c2ccc(Cl)cc2)n1. The van der Waals surface area contributed by atoms with Crippen LogP contribution in [0.25, 0.3) is 22.6 Å². The van der Waals surface area contributed by atoms with Crippen molar-refractivity contribution in [2.24, 2.45) is 0 Å². The van der Waals surface area contributed by atoms with Crippen LogP contribution < -0.4 is 10.1 Å². The van der Waals surface area contributed by atoms with Crippen molar-refractivity contribution in [3.63, 3.8) is 0 Å². The third-order valence-corrected chi connectivity index (χ3v) is 9.05. The first-order chi connectivity index (χ1) is 20.5. The summed E-state index contributed by atoms with van der Waals surface area (Å²) in [5, 5.41) is 3.85.